The predicted octanol–water partition coefficient (Wildman–Crippen LogP) is 1.47. The van der Waals surface area contributed by atoms with Crippen LogP contribution in [-0.4, -0.2) is 30.5 Å². The maximum atomic E-state index is 10.0. The van der Waals surface area contributed by atoms with Crippen molar-refractivity contribution in [3.8, 4) is 0 Å². The van der Waals surface area contributed by atoms with Gasteiger partial charge >= 0.3 is 0 Å². The average Bonchev–Trinajstić information content (AvgIpc) is 2.65. The van der Waals surface area contributed by atoms with E-state index in [-0.39, 0.29) is 6.10 Å². The van der Waals surface area contributed by atoms with E-state index in [0.29, 0.717) is 5.92 Å². The van der Waals surface area contributed by atoms with E-state index in [1.165, 1.54) is 0 Å². The summed E-state index contributed by atoms with van der Waals surface area (Å²) >= 11 is 0. The molecule has 1 fully saturated rings. The second kappa shape index (κ2) is 4.32. The first kappa shape index (κ1) is 9.99. The zero-order valence-electron chi connectivity index (χ0n) is 8.61. The Bertz CT molecular complexity index is 225. The van der Waals surface area contributed by atoms with E-state index in [0.717, 1.165) is 38.2 Å². The second-order valence-corrected chi connectivity index (χ2v) is 4.14. The van der Waals surface area contributed by atoms with Crippen molar-refractivity contribution in [2.24, 2.45) is 5.92 Å². The Morgan fingerprint density at radius 2 is 2.36 bits per heavy atom. The molecule has 1 saturated heterocycles. The van der Waals surface area contributed by atoms with Crippen molar-refractivity contribution < 1.29 is 14.6 Å². The Labute approximate surface area is 84.7 Å². The topological polar surface area (TPSA) is 38.7 Å². The molecule has 0 aliphatic carbocycles. The smallest absolute Gasteiger partial charge is 0.137 e. The molecule has 3 unspecified atom stereocenters. The third kappa shape index (κ3) is 1.93. The van der Waals surface area contributed by atoms with Crippen LogP contribution in [0.1, 0.15) is 26.2 Å². The van der Waals surface area contributed by atoms with Crippen LogP contribution in [0.15, 0.2) is 11.8 Å². The Kier molecular flexibility index (Phi) is 3.08. The summed E-state index contributed by atoms with van der Waals surface area (Å²) in [6, 6.07) is 0. The molecule has 3 atom stereocenters. The maximum absolute atomic E-state index is 10.0. The minimum atomic E-state index is -0.562. The van der Waals surface area contributed by atoms with Crippen molar-refractivity contribution in [3.05, 3.63) is 11.8 Å². The quantitative estimate of drug-likeness (QED) is 0.730. The molecule has 0 aromatic heterocycles. The normalized spacial score (nSPS) is 34.9. The summed E-state index contributed by atoms with van der Waals surface area (Å²) < 4.78 is 10.9. The molecule has 2 aliphatic heterocycles. The molecule has 14 heavy (non-hydrogen) atoms. The fourth-order valence-electron chi connectivity index (χ4n) is 2.07. The zero-order valence-corrected chi connectivity index (χ0v) is 8.61. The zero-order chi connectivity index (χ0) is 9.97. The van der Waals surface area contributed by atoms with Crippen LogP contribution in [0.2, 0.25) is 0 Å². The highest BCUT2D eigenvalue weighted by Gasteiger charge is 2.34. The molecule has 0 bridgehead atoms. The van der Waals surface area contributed by atoms with Gasteiger partial charge in [-0.15, -0.1) is 0 Å². The van der Waals surface area contributed by atoms with E-state index in [1.54, 1.807) is 0 Å². The minimum absolute atomic E-state index is 0.0700. The van der Waals surface area contributed by atoms with Crippen molar-refractivity contribution in [1.82, 2.24) is 0 Å². The summed E-state index contributed by atoms with van der Waals surface area (Å²) in [6.45, 7) is 3.60. The van der Waals surface area contributed by atoms with Crippen LogP contribution in [0.4, 0.5) is 0 Å². The van der Waals surface area contributed by atoms with Crippen molar-refractivity contribution in [2.75, 3.05) is 13.2 Å². The molecule has 0 aromatic carbocycles. The van der Waals surface area contributed by atoms with Gasteiger partial charge in [0, 0.05) is 6.61 Å². The number of rotatable bonds is 2. The number of hydrogen-bond acceptors (Lipinski definition) is 3. The second-order valence-electron chi connectivity index (χ2n) is 4.14. The number of aliphatic hydroxyl groups excluding tert-OH is 1. The first-order valence-corrected chi connectivity index (χ1v) is 5.41. The lowest BCUT2D eigenvalue weighted by atomic mass is 9.97. The monoisotopic (exact) mass is 198 g/mol. The predicted molar refractivity (Wildman–Crippen MR) is 52.8 cm³/mol. The Morgan fingerprint density at radius 3 is 2.93 bits per heavy atom. The lowest BCUT2D eigenvalue weighted by molar-refractivity contribution is -0.0287. The molecule has 0 saturated carbocycles. The van der Waals surface area contributed by atoms with Crippen molar-refractivity contribution in [3.63, 3.8) is 0 Å². The lowest BCUT2D eigenvalue weighted by Gasteiger charge is -2.25. The van der Waals surface area contributed by atoms with Gasteiger partial charge in [-0.05, 0) is 31.3 Å². The fraction of sp³-hybridized carbons (Fsp3) is 0.818. The van der Waals surface area contributed by atoms with E-state index in [9.17, 15) is 5.11 Å². The molecule has 0 spiro atoms. The largest absolute Gasteiger partial charge is 0.495 e. The molecule has 3 heteroatoms. The Hall–Kier alpha value is -0.540. The highest BCUT2D eigenvalue weighted by atomic mass is 16.5. The van der Waals surface area contributed by atoms with Gasteiger partial charge in [0.05, 0.1) is 12.7 Å². The molecule has 1 N–H and O–H groups in total. The molecule has 0 aromatic rings. The van der Waals surface area contributed by atoms with Crippen LogP contribution in [0.5, 0.6) is 0 Å². The van der Waals surface area contributed by atoms with Gasteiger partial charge in [0.2, 0.25) is 0 Å². The highest BCUT2D eigenvalue weighted by Crippen LogP contribution is 2.27. The van der Waals surface area contributed by atoms with Gasteiger partial charge in [0.25, 0.3) is 0 Å². The van der Waals surface area contributed by atoms with Gasteiger partial charge in [0.1, 0.15) is 11.9 Å². The summed E-state index contributed by atoms with van der Waals surface area (Å²) in [5.74, 6) is 1.14. The Balaban J connectivity index is 1.99. The highest BCUT2D eigenvalue weighted by molar-refractivity contribution is 5.06. The van der Waals surface area contributed by atoms with Gasteiger partial charge in [-0.1, -0.05) is 6.92 Å². The standard InChI is InChI=1S/C11H18O3/c1-8-5-7-14-11(8)10(12)9-4-2-3-6-13-9/h4,8,10-12H,2-3,5-7H2,1H3. The molecule has 0 radical (unpaired) electrons. The number of ether oxygens (including phenoxy) is 2. The van der Waals surface area contributed by atoms with Gasteiger partial charge < -0.3 is 14.6 Å². The lowest BCUT2D eigenvalue weighted by Crippen LogP contribution is -2.33. The Morgan fingerprint density at radius 1 is 1.50 bits per heavy atom. The summed E-state index contributed by atoms with van der Waals surface area (Å²) in [5, 5.41) is 10.0. The van der Waals surface area contributed by atoms with Crippen LogP contribution in [-0.2, 0) is 9.47 Å². The van der Waals surface area contributed by atoms with Gasteiger partial charge in [-0.25, -0.2) is 0 Å². The molecular formula is C11H18O3. The van der Waals surface area contributed by atoms with Crippen molar-refractivity contribution in [2.45, 2.75) is 38.4 Å². The van der Waals surface area contributed by atoms with E-state index >= 15 is 0 Å². The molecule has 2 aliphatic rings. The van der Waals surface area contributed by atoms with Crippen molar-refractivity contribution in [1.29, 1.82) is 0 Å². The fourth-order valence-corrected chi connectivity index (χ4v) is 2.07. The van der Waals surface area contributed by atoms with E-state index in [1.807, 2.05) is 6.08 Å². The molecular weight excluding hydrogens is 180 g/mol. The first-order chi connectivity index (χ1) is 6.79. The molecule has 80 valence electrons. The van der Waals surface area contributed by atoms with Crippen LogP contribution < -0.4 is 0 Å². The third-order valence-electron chi connectivity index (χ3n) is 3.01. The maximum Gasteiger partial charge on any atom is 0.137 e. The third-order valence-corrected chi connectivity index (χ3v) is 3.01. The SMILES string of the molecule is CC1CCOC1C(O)C1=CCCCO1. The number of hydrogen-bond donors (Lipinski definition) is 1. The summed E-state index contributed by atoms with van der Waals surface area (Å²) in [7, 11) is 0. The van der Waals surface area contributed by atoms with Crippen LogP contribution in [0.3, 0.4) is 0 Å². The van der Waals surface area contributed by atoms with E-state index in [2.05, 4.69) is 6.92 Å². The molecule has 2 heterocycles. The van der Waals surface area contributed by atoms with E-state index in [4.69, 9.17) is 9.47 Å². The summed E-state index contributed by atoms with van der Waals surface area (Å²) in [4.78, 5) is 0. The van der Waals surface area contributed by atoms with Crippen LogP contribution in [0, 0.1) is 5.92 Å². The van der Waals surface area contributed by atoms with Crippen LogP contribution >= 0.6 is 0 Å². The van der Waals surface area contributed by atoms with Gasteiger partial charge in [0.15, 0.2) is 0 Å². The number of aliphatic hydroxyl groups is 1. The molecule has 3 nitrogen and oxygen atoms in total. The average molecular weight is 198 g/mol. The summed E-state index contributed by atoms with van der Waals surface area (Å²) in [5.41, 5.74) is 0. The minimum Gasteiger partial charge on any atom is -0.495 e. The molecule has 2 rings (SSSR count). The van der Waals surface area contributed by atoms with Gasteiger partial charge in [-0.3, -0.25) is 0 Å². The first-order valence-electron chi connectivity index (χ1n) is 5.41. The summed E-state index contributed by atoms with van der Waals surface area (Å²) in [6.07, 6.45) is 4.45. The van der Waals surface area contributed by atoms with Gasteiger partial charge in [-0.2, -0.15) is 0 Å². The van der Waals surface area contributed by atoms with E-state index < -0.39 is 6.10 Å². The molecule has 0 amide bonds. The number of allylic oxidation sites excluding steroid dienone is 1. The van der Waals surface area contributed by atoms with Crippen LogP contribution in [0.25, 0.3) is 0 Å². The van der Waals surface area contributed by atoms with Crippen molar-refractivity contribution >= 4 is 0 Å².